The van der Waals surface area contributed by atoms with E-state index in [9.17, 15) is 9.18 Å². The number of aliphatic hydroxyl groups is 1. The van der Waals surface area contributed by atoms with E-state index in [-0.39, 0.29) is 18.3 Å². The molecule has 0 bridgehead atoms. The average molecular weight is 281 g/mol. The first-order valence-corrected chi connectivity index (χ1v) is 6.78. The normalized spacial score (nSPS) is 17.1. The summed E-state index contributed by atoms with van der Waals surface area (Å²) in [5.41, 5.74) is 0.463. The molecule has 1 aromatic rings. The maximum Gasteiger partial charge on any atom is 0.252 e. The van der Waals surface area contributed by atoms with Gasteiger partial charge in [0, 0.05) is 38.3 Å². The highest BCUT2D eigenvalue weighted by Gasteiger charge is 2.16. The molecule has 1 amide bonds. The fourth-order valence-electron chi connectivity index (χ4n) is 2.20. The smallest absolute Gasteiger partial charge is 0.252 e. The van der Waals surface area contributed by atoms with Gasteiger partial charge >= 0.3 is 0 Å². The van der Waals surface area contributed by atoms with E-state index in [1.54, 1.807) is 0 Å². The second kappa shape index (κ2) is 7.33. The molecule has 0 radical (unpaired) electrons. The first-order chi connectivity index (χ1) is 9.69. The van der Waals surface area contributed by atoms with Crippen LogP contribution < -0.4 is 5.32 Å². The van der Waals surface area contributed by atoms with Gasteiger partial charge in [0.25, 0.3) is 5.91 Å². The molecule has 1 aromatic carbocycles. The van der Waals surface area contributed by atoms with E-state index in [1.165, 1.54) is 24.3 Å². The predicted octanol–water partition coefficient (Wildman–Crippen LogP) is 0.123. The quantitative estimate of drug-likeness (QED) is 0.805. The highest BCUT2D eigenvalue weighted by Crippen LogP contribution is 2.03. The Hall–Kier alpha value is -1.50. The van der Waals surface area contributed by atoms with Crippen molar-refractivity contribution in [2.45, 2.75) is 0 Å². The van der Waals surface area contributed by atoms with Crippen LogP contribution in [0.25, 0.3) is 0 Å². The van der Waals surface area contributed by atoms with E-state index in [1.807, 2.05) is 0 Å². The van der Waals surface area contributed by atoms with E-state index in [2.05, 4.69) is 15.1 Å². The summed E-state index contributed by atoms with van der Waals surface area (Å²) in [6, 6.07) is 5.51. The lowest BCUT2D eigenvalue weighted by atomic mass is 10.2. The van der Waals surface area contributed by atoms with Gasteiger partial charge < -0.3 is 10.4 Å². The lowest BCUT2D eigenvalue weighted by molar-refractivity contribution is 0.0847. The third kappa shape index (κ3) is 4.26. The summed E-state index contributed by atoms with van der Waals surface area (Å²) in [6.45, 7) is 4.90. The van der Waals surface area contributed by atoms with Gasteiger partial charge in [-0.25, -0.2) is 4.39 Å². The van der Waals surface area contributed by atoms with Gasteiger partial charge in [0.15, 0.2) is 0 Å². The van der Waals surface area contributed by atoms with Crippen molar-refractivity contribution in [3.8, 4) is 0 Å². The summed E-state index contributed by atoms with van der Waals surface area (Å²) < 4.78 is 12.8. The number of benzene rings is 1. The first-order valence-electron chi connectivity index (χ1n) is 6.78. The fraction of sp³-hybridized carbons (Fsp3) is 0.500. The van der Waals surface area contributed by atoms with Gasteiger partial charge in [-0.2, -0.15) is 0 Å². The molecule has 1 aliphatic heterocycles. The Bertz CT molecular complexity index is 431. The number of amides is 1. The van der Waals surface area contributed by atoms with Crippen molar-refractivity contribution >= 4 is 5.91 Å². The minimum Gasteiger partial charge on any atom is -0.395 e. The number of carbonyl (C=O) groups excluding carboxylic acids is 1. The van der Waals surface area contributed by atoms with Crippen LogP contribution in [0.5, 0.6) is 0 Å². The van der Waals surface area contributed by atoms with Crippen molar-refractivity contribution in [3.05, 3.63) is 35.6 Å². The van der Waals surface area contributed by atoms with Gasteiger partial charge in [-0.3, -0.25) is 14.6 Å². The van der Waals surface area contributed by atoms with Crippen LogP contribution in [0.1, 0.15) is 10.4 Å². The van der Waals surface area contributed by atoms with Crippen LogP contribution in [0.2, 0.25) is 0 Å². The summed E-state index contributed by atoms with van der Waals surface area (Å²) in [5, 5.41) is 11.7. The summed E-state index contributed by atoms with van der Waals surface area (Å²) in [5.74, 6) is -0.538. The zero-order chi connectivity index (χ0) is 14.4. The Kier molecular flexibility index (Phi) is 5.46. The maximum absolute atomic E-state index is 12.8. The Morgan fingerprint density at radius 3 is 2.35 bits per heavy atom. The van der Waals surface area contributed by atoms with E-state index in [0.29, 0.717) is 18.8 Å². The van der Waals surface area contributed by atoms with Gasteiger partial charge in [-0.15, -0.1) is 0 Å². The zero-order valence-electron chi connectivity index (χ0n) is 11.4. The molecule has 6 heteroatoms. The van der Waals surface area contributed by atoms with Crippen LogP contribution in [-0.2, 0) is 0 Å². The number of rotatable bonds is 5. The van der Waals surface area contributed by atoms with Crippen LogP contribution in [0, 0.1) is 5.82 Å². The summed E-state index contributed by atoms with van der Waals surface area (Å²) in [7, 11) is 0. The maximum atomic E-state index is 12.8. The molecule has 0 aliphatic carbocycles. The minimum absolute atomic E-state index is 0.182. The Labute approximate surface area is 118 Å². The molecule has 110 valence electrons. The molecule has 5 nitrogen and oxygen atoms in total. The third-order valence-corrected chi connectivity index (χ3v) is 3.45. The zero-order valence-corrected chi connectivity index (χ0v) is 11.4. The fourth-order valence-corrected chi connectivity index (χ4v) is 2.20. The molecule has 20 heavy (non-hydrogen) atoms. The Morgan fingerprint density at radius 1 is 1.15 bits per heavy atom. The van der Waals surface area contributed by atoms with Gasteiger partial charge in [-0.1, -0.05) is 0 Å². The molecule has 2 N–H and O–H groups in total. The Morgan fingerprint density at radius 2 is 1.75 bits per heavy atom. The van der Waals surface area contributed by atoms with Crippen molar-refractivity contribution in [1.29, 1.82) is 0 Å². The predicted molar refractivity (Wildman–Crippen MR) is 73.8 cm³/mol. The second-order valence-corrected chi connectivity index (χ2v) is 4.85. The molecule has 1 saturated heterocycles. The number of hydrogen-bond donors (Lipinski definition) is 2. The number of halogens is 1. The highest BCUT2D eigenvalue weighted by atomic mass is 19.1. The van der Waals surface area contributed by atoms with Gasteiger partial charge in [0.05, 0.1) is 13.3 Å². The van der Waals surface area contributed by atoms with E-state index >= 15 is 0 Å². The second-order valence-electron chi connectivity index (χ2n) is 4.85. The molecule has 2 rings (SSSR count). The van der Waals surface area contributed by atoms with Crippen molar-refractivity contribution in [2.75, 3.05) is 46.0 Å². The Balaban J connectivity index is 1.73. The molecule has 0 spiro atoms. The summed E-state index contributed by atoms with van der Waals surface area (Å²) in [6.07, 6.45) is 0. The third-order valence-electron chi connectivity index (χ3n) is 3.45. The summed E-state index contributed by atoms with van der Waals surface area (Å²) in [4.78, 5) is 16.2. The van der Waals surface area contributed by atoms with Crippen molar-refractivity contribution in [2.24, 2.45) is 0 Å². The van der Waals surface area contributed by atoms with Crippen LogP contribution in [0.15, 0.2) is 24.3 Å². The van der Waals surface area contributed by atoms with Crippen molar-refractivity contribution in [1.82, 2.24) is 15.1 Å². The lowest BCUT2D eigenvalue weighted by Crippen LogP contribution is -2.50. The van der Waals surface area contributed by atoms with Crippen molar-refractivity contribution in [3.63, 3.8) is 0 Å². The highest BCUT2D eigenvalue weighted by molar-refractivity contribution is 5.94. The van der Waals surface area contributed by atoms with Crippen LogP contribution in [0.3, 0.4) is 0 Å². The molecule has 0 unspecified atom stereocenters. The van der Waals surface area contributed by atoms with Gasteiger partial charge in [-0.05, 0) is 24.3 Å². The number of carbonyl (C=O) groups is 1. The standard InChI is InChI=1S/C14H20FN3O2/c15-13-3-1-12(2-4-13)14(20)16-11-18-7-5-17(6-8-18)9-10-19/h1-4,19H,5-11H2,(H,16,20). The summed E-state index contributed by atoms with van der Waals surface area (Å²) >= 11 is 0. The number of nitrogens with one attached hydrogen (secondary N) is 1. The topological polar surface area (TPSA) is 55.8 Å². The van der Waals surface area contributed by atoms with Gasteiger partial charge in [0.1, 0.15) is 5.82 Å². The molecule has 0 saturated carbocycles. The van der Waals surface area contributed by atoms with Crippen LogP contribution in [0.4, 0.5) is 4.39 Å². The van der Waals surface area contributed by atoms with E-state index in [4.69, 9.17) is 5.11 Å². The number of β-amino-alcohol motifs (C(OH)–C–C–N with tert-alkyl or cyclic N) is 1. The number of hydrogen-bond acceptors (Lipinski definition) is 4. The number of nitrogens with zero attached hydrogens (tertiary/aromatic N) is 2. The van der Waals surface area contributed by atoms with E-state index in [0.717, 1.165) is 26.2 Å². The minimum atomic E-state index is -0.346. The molecule has 1 aliphatic rings. The average Bonchev–Trinajstić information content (AvgIpc) is 2.47. The number of aliphatic hydroxyl groups excluding tert-OH is 1. The lowest BCUT2D eigenvalue weighted by Gasteiger charge is -2.34. The van der Waals surface area contributed by atoms with Gasteiger partial charge in [0.2, 0.25) is 0 Å². The molecule has 1 heterocycles. The van der Waals surface area contributed by atoms with Crippen LogP contribution >= 0.6 is 0 Å². The monoisotopic (exact) mass is 281 g/mol. The van der Waals surface area contributed by atoms with Crippen molar-refractivity contribution < 1.29 is 14.3 Å². The molecular formula is C14H20FN3O2. The molecule has 0 aromatic heterocycles. The van der Waals surface area contributed by atoms with Crippen LogP contribution in [-0.4, -0.2) is 66.8 Å². The molecule has 1 fully saturated rings. The first kappa shape index (κ1) is 14.9. The largest absolute Gasteiger partial charge is 0.395 e. The molecular weight excluding hydrogens is 261 g/mol. The number of piperazine rings is 1. The van der Waals surface area contributed by atoms with E-state index < -0.39 is 0 Å². The molecule has 0 atom stereocenters. The SMILES string of the molecule is O=C(NCN1CCN(CCO)CC1)c1ccc(F)cc1.